The van der Waals surface area contributed by atoms with E-state index >= 15 is 0 Å². The molecule has 4 nitrogen and oxygen atoms in total. The SMILES string of the molecule is CCCn1ncc(Br)c1C(=O)CC(C)(C)N. The van der Waals surface area contributed by atoms with Gasteiger partial charge in [-0.2, -0.15) is 5.10 Å². The molecule has 0 atom stereocenters. The Morgan fingerprint density at radius 3 is 2.75 bits per heavy atom. The molecule has 1 aromatic heterocycles. The first kappa shape index (κ1) is 13.4. The smallest absolute Gasteiger partial charge is 0.183 e. The third-order valence-electron chi connectivity index (χ3n) is 2.11. The number of aromatic nitrogens is 2. The normalized spacial score (nSPS) is 11.8. The van der Waals surface area contributed by atoms with E-state index in [1.807, 2.05) is 13.8 Å². The molecule has 0 bridgehead atoms. The summed E-state index contributed by atoms with van der Waals surface area (Å²) in [6, 6.07) is 0. The molecular weight excluding hydrogens is 270 g/mol. The lowest BCUT2D eigenvalue weighted by Gasteiger charge is -2.17. The molecule has 0 unspecified atom stereocenters. The van der Waals surface area contributed by atoms with Crippen molar-refractivity contribution in [1.82, 2.24) is 9.78 Å². The number of rotatable bonds is 5. The molecule has 0 spiro atoms. The van der Waals surface area contributed by atoms with Gasteiger partial charge in [0.1, 0.15) is 5.69 Å². The fourth-order valence-corrected chi connectivity index (χ4v) is 2.04. The average Bonchev–Trinajstić information content (AvgIpc) is 2.44. The molecule has 90 valence electrons. The fraction of sp³-hybridized carbons (Fsp3) is 0.636. The minimum Gasteiger partial charge on any atom is -0.325 e. The lowest BCUT2D eigenvalue weighted by Crippen LogP contribution is -2.35. The number of carbonyl (C=O) groups is 1. The van der Waals surface area contributed by atoms with Crippen LogP contribution in [0.25, 0.3) is 0 Å². The summed E-state index contributed by atoms with van der Waals surface area (Å²) in [5, 5.41) is 4.16. The van der Waals surface area contributed by atoms with Gasteiger partial charge in [0.15, 0.2) is 5.78 Å². The quantitative estimate of drug-likeness (QED) is 0.846. The highest BCUT2D eigenvalue weighted by molar-refractivity contribution is 9.10. The number of hydrogen-bond acceptors (Lipinski definition) is 3. The summed E-state index contributed by atoms with van der Waals surface area (Å²) in [4.78, 5) is 12.1. The summed E-state index contributed by atoms with van der Waals surface area (Å²) in [7, 11) is 0. The molecule has 16 heavy (non-hydrogen) atoms. The van der Waals surface area contributed by atoms with Gasteiger partial charge in [0.05, 0.1) is 10.7 Å². The van der Waals surface area contributed by atoms with Gasteiger partial charge in [0, 0.05) is 18.5 Å². The van der Waals surface area contributed by atoms with Gasteiger partial charge >= 0.3 is 0 Å². The highest BCUT2D eigenvalue weighted by Crippen LogP contribution is 2.20. The van der Waals surface area contributed by atoms with Crippen LogP contribution in [0.5, 0.6) is 0 Å². The summed E-state index contributed by atoms with van der Waals surface area (Å²) in [5.74, 6) is 0.0327. The van der Waals surface area contributed by atoms with Gasteiger partial charge in [0.2, 0.25) is 0 Å². The van der Waals surface area contributed by atoms with E-state index in [4.69, 9.17) is 5.73 Å². The predicted octanol–water partition coefficient (Wildman–Crippen LogP) is 2.37. The highest BCUT2D eigenvalue weighted by atomic mass is 79.9. The molecule has 0 aliphatic heterocycles. The maximum Gasteiger partial charge on any atom is 0.183 e. The van der Waals surface area contributed by atoms with Gasteiger partial charge in [-0.3, -0.25) is 9.48 Å². The van der Waals surface area contributed by atoms with Crippen LogP contribution in [0.1, 0.15) is 44.1 Å². The molecule has 0 saturated heterocycles. The minimum absolute atomic E-state index is 0.0327. The van der Waals surface area contributed by atoms with Crippen LogP contribution in [0.3, 0.4) is 0 Å². The van der Waals surface area contributed by atoms with E-state index in [1.165, 1.54) is 0 Å². The molecule has 0 aromatic carbocycles. The Labute approximate surface area is 104 Å². The van der Waals surface area contributed by atoms with Gasteiger partial charge in [0.25, 0.3) is 0 Å². The van der Waals surface area contributed by atoms with E-state index in [-0.39, 0.29) is 5.78 Å². The molecule has 0 aliphatic carbocycles. The number of ketones is 1. The van der Waals surface area contributed by atoms with Gasteiger partial charge in [-0.1, -0.05) is 6.92 Å². The Morgan fingerprint density at radius 2 is 2.25 bits per heavy atom. The number of nitrogens with zero attached hydrogens (tertiary/aromatic N) is 2. The van der Waals surface area contributed by atoms with Crippen LogP contribution in [0, 0.1) is 0 Å². The summed E-state index contributed by atoms with van der Waals surface area (Å²) < 4.78 is 2.48. The molecule has 1 aromatic rings. The largest absolute Gasteiger partial charge is 0.325 e. The zero-order valence-electron chi connectivity index (χ0n) is 9.96. The molecule has 0 saturated carbocycles. The number of halogens is 1. The van der Waals surface area contributed by atoms with Crippen LogP contribution in [-0.2, 0) is 6.54 Å². The molecule has 1 rings (SSSR count). The van der Waals surface area contributed by atoms with E-state index in [2.05, 4.69) is 28.0 Å². The van der Waals surface area contributed by atoms with Gasteiger partial charge < -0.3 is 5.73 Å². The van der Waals surface area contributed by atoms with Gasteiger partial charge in [-0.15, -0.1) is 0 Å². The molecule has 0 fully saturated rings. The van der Waals surface area contributed by atoms with Crippen molar-refractivity contribution in [2.45, 2.75) is 45.7 Å². The molecule has 1 heterocycles. The second kappa shape index (κ2) is 5.10. The Bertz CT molecular complexity index is 379. The minimum atomic E-state index is -0.488. The third kappa shape index (κ3) is 3.42. The van der Waals surface area contributed by atoms with Crippen LogP contribution in [-0.4, -0.2) is 21.1 Å². The molecule has 0 radical (unpaired) electrons. The standard InChI is InChI=1S/C11H18BrN3O/c1-4-5-15-10(8(12)7-14-15)9(16)6-11(2,3)13/h7H,4-6,13H2,1-3H3. The van der Waals surface area contributed by atoms with Crippen LogP contribution in [0.2, 0.25) is 0 Å². The van der Waals surface area contributed by atoms with Crippen molar-refractivity contribution in [3.05, 3.63) is 16.4 Å². The summed E-state index contributed by atoms with van der Waals surface area (Å²) >= 11 is 3.35. The first-order chi connectivity index (χ1) is 7.35. The lowest BCUT2D eigenvalue weighted by atomic mass is 9.98. The Morgan fingerprint density at radius 1 is 1.62 bits per heavy atom. The first-order valence-electron chi connectivity index (χ1n) is 5.38. The summed E-state index contributed by atoms with van der Waals surface area (Å²) in [6.07, 6.45) is 2.92. The maximum atomic E-state index is 12.1. The number of aryl methyl sites for hydroxylation is 1. The predicted molar refractivity (Wildman–Crippen MR) is 67.4 cm³/mol. The second-order valence-corrected chi connectivity index (χ2v) is 5.51. The van der Waals surface area contributed by atoms with E-state index in [1.54, 1.807) is 10.9 Å². The Balaban J connectivity index is 2.93. The molecule has 5 heteroatoms. The van der Waals surface area contributed by atoms with Crippen molar-refractivity contribution in [2.24, 2.45) is 5.73 Å². The van der Waals surface area contributed by atoms with E-state index in [0.29, 0.717) is 12.1 Å². The zero-order chi connectivity index (χ0) is 12.3. The van der Waals surface area contributed by atoms with Crippen molar-refractivity contribution < 1.29 is 4.79 Å². The number of hydrogen-bond donors (Lipinski definition) is 1. The number of Topliss-reactive ketones (excluding diaryl/α,β-unsaturated/α-hetero) is 1. The zero-order valence-corrected chi connectivity index (χ0v) is 11.5. The van der Waals surface area contributed by atoms with Crippen LogP contribution < -0.4 is 5.73 Å². The molecule has 2 N–H and O–H groups in total. The van der Waals surface area contributed by atoms with Crippen molar-refractivity contribution in [3.63, 3.8) is 0 Å². The second-order valence-electron chi connectivity index (χ2n) is 4.65. The monoisotopic (exact) mass is 287 g/mol. The summed E-state index contributed by atoms with van der Waals surface area (Å²) in [5.41, 5.74) is 5.99. The Kier molecular flexibility index (Phi) is 4.27. The fourth-order valence-electron chi connectivity index (χ4n) is 1.52. The topological polar surface area (TPSA) is 60.9 Å². The summed E-state index contributed by atoms with van der Waals surface area (Å²) in [6.45, 7) is 6.49. The third-order valence-corrected chi connectivity index (χ3v) is 2.69. The average molecular weight is 288 g/mol. The van der Waals surface area contributed by atoms with Crippen molar-refractivity contribution in [3.8, 4) is 0 Å². The first-order valence-corrected chi connectivity index (χ1v) is 6.18. The maximum absolute atomic E-state index is 12.1. The van der Waals surface area contributed by atoms with E-state index < -0.39 is 5.54 Å². The number of nitrogens with two attached hydrogens (primary N) is 1. The van der Waals surface area contributed by atoms with Crippen molar-refractivity contribution in [2.75, 3.05) is 0 Å². The van der Waals surface area contributed by atoms with Crippen molar-refractivity contribution in [1.29, 1.82) is 0 Å². The van der Waals surface area contributed by atoms with Gasteiger partial charge in [-0.25, -0.2) is 0 Å². The molecular formula is C11H18BrN3O. The van der Waals surface area contributed by atoms with E-state index in [0.717, 1.165) is 17.4 Å². The lowest BCUT2D eigenvalue weighted by molar-refractivity contribution is 0.0948. The Hall–Kier alpha value is -0.680. The van der Waals surface area contributed by atoms with E-state index in [9.17, 15) is 4.79 Å². The highest BCUT2D eigenvalue weighted by Gasteiger charge is 2.22. The van der Waals surface area contributed by atoms with Crippen LogP contribution in [0.15, 0.2) is 10.7 Å². The number of carbonyl (C=O) groups excluding carboxylic acids is 1. The van der Waals surface area contributed by atoms with Crippen LogP contribution >= 0.6 is 15.9 Å². The molecule has 0 amide bonds. The van der Waals surface area contributed by atoms with Crippen LogP contribution in [0.4, 0.5) is 0 Å². The van der Waals surface area contributed by atoms with Crippen molar-refractivity contribution >= 4 is 21.7 Å². The van der Waals surface area contributed by atoms with Gasteiger partial charge in [-0.05, 0) is 36.2 Å². The molecule has 0 aliphatic rings.